The van der Waals surface area contributed by atoms with Gasteiger partial charge in [0.2, 0.25) is 0 Å². The highest BCUT2D eigenvalue weighted by molar-refractivity contribution is 5.38. The number of aryl methyl sites for hydroxylation is 3. The lowest BCUT2D eigenvalue weighted by Gasteiger charge is -2.20. The van der Waals surface area contributed by atoms with E-state index in [9.17, 15) is 0 Å². The topological polar surface area (TPSA) is 56.5 Å². The molecule has 0 heterocycles. The number of nitrogens with two attached hydrogens (primary N) is 1. The van der Waals surface area contributed by atoms with E-state index in [1.54, 1.807) is 7.11 Å². The van der Waals surface area contributed by atoms with Crippen molar-refractivity contribution in [2.75, 3.05) is 26.9 Å². The van der Waals surface area contributed by atoms with Gasteiger partial charge in [0.05, 0.1) is 13.2 Å². The minimum atomic E-state index is 0.127. The maximum atomic E-state index is 5.67. The Morgan fingerprint density at radius 3 is 2.37 bits per heavy atom. The molecule has 1 atom stereocenters. The molecule has 3 N–H and O–H groups in total. The zero-order valence-electron chi connectivity index (χ0n) is 12.5. The molecule has 0 aliphatic carbocycles. The largest absolute Gasteiger partial charge is 0.382 e. The third-order valence-corrected chi connectivity index (χ3v) is 3.44. The van der Waals surface area contributed by atoms with Crippen molar-refractivity contribution in [3.05, 3.63) is 34.4 Å². The summed E-state index contributed by atoms with van der Waals surface area (Å²) in [6.07, 6.45) is 0.851. The van der Waals surface area contributed by atoms with E-state index in [0.717, 1.165) is 6.42 Å². The van der Waals surface area contributed by atoms with Crippen LogP contribution in [0.15, 0.2) is 12.1 Å². The first-order valence-electron chi connectivity index (χ1n) is 6.70. The van der Waals surface area contributed by atoms with Gasteiger partial charge >= 0.3 is 0 Å². The number of methoxy groups -OCH3 is 1. The molecule has 1 aromatic rings. The maximum absolute atomic E-state index is 5.67. The van der Waals surface area contributed by atoms with E-state index in [1.165, 1.54) is 22.3 Å². The van der Waals surface area contributed by atoms with Crippen LogP contribution in [0.25, 0.3) is 0 Å². The molecule has 1 unspecified atom stereocenters. The molecule has 0 aliphatic rings. The van der Waals surface area contributed by atoms with Gasteiger partial charge in [-0.2, -0.15) is 0 Å². The van der Waals surface area contributed by atoms with Crippen LogP contribution in [0.2, 0.25) is 0 Å². The average Bonchev–Trinajstić information content (AvgIpc) is 2.39. The predicted molar refractivity (Wildman–Crippen MR) is 78.0 cm³/mol. The van der Waals surface area contributed by atoms with E-state index >= 15 is 0 Å². The van der Waals surface area contributed by atoms with Crippen molar-refractivity contribution in [3.63, 3.8) is 0 Å². The SMILES string of the molecule is COCCOCCC(NN)c1cc(C)c(C)cc1C. The molecule has 0 spiro atoms. The lowest BCUT2D eigenvalue weighted by Crippen LogP contribution is -2.29. The van der Waals surface area contributed by atoms with Crippen molar-refractivity contribution in [1.29, 1.82) is 0 Å². The summed E-state index contributed by atoms with van der Waals surface area (Å²) in [5, 5.41) is 0. The van der Waals surface area contributed by atoms with Crippen LogP contribution in [0, 0.1) is 20.8 Å². The Kier molecular flexibility index (Phi) is 7.02. The van der Waals surface area contributed by atoms with Crippen LogP contribution in [0.1, 0.15) is 34.7 Å². The highest BCUT2D eigenvalue weighted by Gasteiger charge is 2.13. The second kappa shape index (κ2) is 8.27. The highest BCUT2D eigenvalue weighted by atomic mass is 16.5. The molecule has 0 radical (unpaired) electrons. The molecule has 0 saturated carbocycles. The summed E-state index contributed by atoms with van der Waals surface area (Å²) in [6, 6.07) is 4.55. The minimum absolute atomic E-state index is 0.127. The monoisotopic (exact) mass is 266 g/mol. The standard InChI is InChI=1S/C15H26N2O2/c1-11-9-13(3)14(10-12(11)2)15(17-16)5-6-19-8-7-18-4/h9-10,15,17H,5-8,16H2,1-4H3. The van der Waals surface area contributed by atoms with E-state index in [2.05, 4.69) is 38.3 Å². The molecule has 1 aromatic carbocycles. The van der Waals surface area contributed by atoms with Crippen LogP contribution < -0.4 is 11.3 Å². The summed E-state index contributed by atoms with van der Waals surface area (Å²) >= 11 is 0. The summed E-state index contributed by atoms with van der Waals surface area (Å²) in [4.78, 5) is 0. The third-order valence-electron chi connectivity index (χ3n) is 3.44. The van der Waals surface area contributed by atoms with Gasteiger partial charge in [-0.3, -0.25) is 11.3 Å². The van der Waals surface area contributed by atoms with Crippen LogP contribution in [-0.4, -0.2) is 26.9 Å². The molecular formula is C15H26N2O2. The number of nitrogens with one attached hydrogen (secondary N) is 1. The average molecular weight is 266 g/mol. The second-order valence-corrected chi connectivity index (χ2v) is 4.91. The van der Waals surface area contributed by atoms with Crippen molar-refractivity contribution in [2.45, 2.75) is 33.2 Å². The maximum Gasteiger partial charge on any atom is 0.0700 e. The molecule has 0 aromatic heterocycles. The van der Waals surface area contributed by atoms with Crippen LogP contribution in [0.4, 0.5) is 0 Å². The summed E-state index contributed by atoms with van der Waals surface area (Å²) < 4.78 is 10.4. The van der Waals surface area contributed by atoms with Crippen molar-refractivity contribution in [1.82, 2.24) is 5.43 Å². The van der Waals surface area contributed by atoms with Gasteiger partial charge in [0.15, 0.2) is 0 Å². The van der Waals surface area contributed by atoms with Gasteiger partial charge in [0, 0.05) is 19.8 Å². The molecule has 0 saturated heterocycles. The molecule has 0 bridgehead atoms. The normalized spacial score (nSPS) is 12.7. The van der Waals surface area contributed by atoms with Gasteiger partial charge in [0.1, 0.15) is 0 Å². The Hall–Kier alpha value is -0.940. The van der Waals surface area contributed by atoms with E-state index in [1.807, 2.05) is 0 Å². The first kappa shape index (κ1) is 16.1. The molecule has 1 rings (SSSR count). The first-order valence-corrected chi connectivity index (χ1v) is 6.70. The summed E-state index contributed by atoms with van der Waals surface area (Å²) in [6.45, 7) is 8.30. The van der Waals surface area contributed by atoms with Crippen LogP contribution in [0.5, 0.6) is 0 Å². The Bertz CT molecular complexity index is 394. The van der Waals surface area contributed by atoms with E-state index in [4.69, 9.17) is 15.3 Å². The molecule has 0 fully saturated rings. The van der Waals surface area contributed by atoms with Crippen molar-refractivity contribution < 1.29 is 9.47 Å². The molecule has 0 amide bonds. The number of hydrogen-bond donors (Lipinski definition) is 2. The Balaban J connectivity index is 2.61. The Morgan fingerprint density at radius 1 is 1.05 bits per heavy atom. The Morgan fingerprint density at radius 2 is 1.74 bits per heavy atom. The highest BCUT2D eigenvalue weighted by Crippen LogP contribution is 2.23. The summed E-state index contributed by atoms with van der Waals surface area (Å²) in [7, 11) is 1.67. The number of ether oxygens (including phenoxy) is 2. The van der Waals surface area contributed by atoms with Crippen LogP contribution in [0.3, 0.4) is 0 Å². The zero-order valence-corrected chi connectivity index (χ0v) is 12.5. The fourth-order valence-electron chi connectivity index (χ4n) is 2.13. The van der Waals surface area contributed by atoms with Gasteiger partial charge < -0.3 is 9.47 Å². The van der Waals surface area contributed by atoms with Crippen molar-refractivity contribution >= 4 is 0 Å². The lowest BCUT2D eigenvalue weighted by atomic mass is 9.94. The molecule has 4 heteroatoms. The Labute approximate surface area is 116 Å². The lowest BCUT2D eigenvalue weighted by molar-refractivity contribution is 0.0657. The van der Waals surface area contributed by atoms with Gasteiger partial charge in [-0.25, -0.2) is 0 Å². The van der Waals surface area contributed by atoms with Gasteiger partial charge in [0.25, 0.3) is 0 Å². The van der Waals surface area contributed by atoms with E-state index < -0.39 is 0 Å². The van der Waals surface area contributed by atoms with Gasteiger partial charge in [-0.15, -0.1) is 0 Å². The smallest absolute Gasteiger partial charge is 0.0700 e. The van der Waals surface area contributed by atoms with Gasteiger partial charge in [-0.05, 0) is 49.4 Å². The number of hydrazine groups is 1. The van der Waals surface area contributed by atoms with Gasteiger partial charge in [-0.1, -0.05) is 12.1 Å². The fraction of sp³-hybridized carbons (Fsp3) is 0.600. The van der Waals surface area contributed by atoms with Crippen molar-refractivity contribution in [2.24, 2.45) is 5.84 Å². The van der Waals surface area contributed by atoms with E-state index in [-0.39, 0.29) is 6.04 Å². The molecule has 0 aliphatic heterocycles. The third kappa shape index (κ3) is 4.91. The van der Waals surface area contributed by atoms with Crippen molar-refractivity contribution in [3.8, 4) is 0 Å². The second-order valence-electron chi connectivity index (χ2n) is 4.91. The first-order chi connectivity index (χ1) is 9.10. The number of rotatable bonds is 8. The summed E-state index contributed by atoms with van der Waals surface area (Å²) in [5.41, 5.74) is 8.01. The fourth-order valence-corrected chi connectivity index (χ4v) is 2.13. The number of benzene rings is 1. The number of hydrogen-bond acceptors (Lipinski definition) is 4. The van der Waals surface area contributed by atoms with Crippen LogP contribution >= 0.6 is 0 Å². The zero-order chi connectivity index (χ0) is 14.3. The molecule has 108 valence electrons. The molecule has 19 heavy (non-hydrogen) atoms. The minimum Gasteiger partial charge on any atom is -0.382 e. The predicted octanol–water partition coefficient (Wildman–Crippen LogP) is 2.17. The molecule has 4 nitrogen and oxygen atoms in total. The molecular weight excluding hydrogens is 240 g/mol. The quantitative estimate of drug-likeness (QED) is 0.430. The summed E-state index contributed by atoms with van der Waals surface area (Å²) in [5.74, 6) is 5.67. The van der Waals surface area contributed by atoms with Crippen LogP contribution in [-0.2, 0) is 9.47 Å². The van der Waals surface area contributed by atoms with E-state index in [0.29, 0.717) is 19.8 Å².